The summed E-state index contributed by atoms with van der Waals surface area (Å²) < 4.78 is 5.73. The number of hydrogen-bond acceptors (Lipinski definition) is 6. The van der Waals surface area contributed by atoms with E-state index in [1.807, 2.05) is 6.92 Å². The van der Waals surface area contributed by atoms with Crippen LogP contribution in [0.3, 0.4) is 0 Å². The Balaban J connectivity index is 2.41. The molecule has 0 saturated heterocycles. The van der Waals surface area contributed by atoms with Crippen molar-refractivity contribution in [2.45, 2.75) is 26.7 Å². The van der Waals surface area contributed by atoms with Gasteiger partial charge in [0, 0.05) is 6.07 Å². The molecule has 7 nitrogen and oxygen atoms in total. The molecule has 0 aliphatic heterocycles. The zero-order valence-corrected chi connectivity index (χ0v) is 11.9. The second-order valence-corrected chi connectivity index (χ2v) is 4.55. The minimum Gasteiger partial charge on any atom is -0.438 e. The first kappa shape index (κ1) is 14.7. The molecule has 0 fully saturated rings. The largest absolute Gasteiger partial charge is 0.438 e. The van der Waals surface area contributed by atoms with Crippen molar-refractivity contribution in [1.29, 1.82) is 0 Å². The number of ether oxygens (including phenoxy) is 1. The fraction of sp³-hybridized carbons (Fsp3) is 0.286. The lowest BCUT2D eigenvalue weighted by Gasteiger charge is -2.12. The summed E-state index contributed by atoms with van der Waals surface area (Å²) >= 11 is 0. The molecule has 0 spiro atoms. The molecule has 110 valence electrons. The highest BCUT2D eigenvalue weighted by atomic mass is 16.6. The molecule has 0 aliphatic carbocycles. The fourth-order valence-electron chi connectivity index (χ4n) is 2.00. The van der Waals surface area contributed by atoms with E-state index in [0.717, 1.165) is 6.42 Å². The summed E-state index contributed by atoms with van der Waals surface area (Å²) in [5.41, 5.74) is 7.00. The first-order chi connectivity index (χ1) is 10.0. The van der Waals surface area contributed by atoms with Gasteiger partial charge < -0.3 is 10.5 Å². The summed E-state index contributed by atoms with van der Waals surface area (Å²) in [6, 6.07) is 4.67. The van der Waals surface area contributed by atoms with Crippen LogP contribution in [0.25, 0.3) is 0 Å². The van der Waals surface area contributed by atoms with Crippen LogP contribution in [0.5, 0.6) is 11.6 Å². The Hall–Kier alpha value is -2.70. The lowest BCUT2D eigenvalue weighted by molar-refractivity contribution is -0.385. The Kier molecular flexibility index (Phi) is 4.32. The van der Waals surface area contributed by atoms with Gasteiger partial charge in [-0.25, -0.2) is 9.97 Å². The minimum atomic E-state index is -0.441. The number of nitro benzene ring substituents is 1. The lowest BCUT2D eigenvalue weighted by atomic mass is 10.1. The maximum atomic E-state index is 11.0. The Morgan fingerprint density at radius 2 is 2.14 bits per heavy atom. The molecule has 21 heavy (non-hydrogen) atoms. The third kappa shape index (κ3) is 3.07. The molecule has 0 amide bonds. The molecule has 0 unspecified atom stereocenters. The standard InChI is InChI=1S/C14H16N4O3/c1-3-5-10-13(15)16-8-17-14(10)21-12-7-4-6-11(9(12)2)18(19)20/h4,6-8H,3,5H2,1-2H3,(H2,15,16,17). The number of nitro groups is 1. The molecule has 2 aromatic rings. The van der Waals surface area contributed by atoms with Crippen LogP contribution in [-0.2, 0) is 6.42 Å². The summed E-state index contributed by atoms with van der Waals surface area (Å²) in [6.45, 7) is 3.65. The van der Waals surface area contributed by atoms with Crippen LogP contribution in [0.4, 0.5) is 11.5 Å². The number of aromatic nitrogens is 2. The first-order valence-electron chi connectivity index (χ1n) is 6.55. The number of anilines is 1. The molecule has 1 heterocycles. The van der Waals surface area contributed by atoms with Crippen molar-refractivity contribution in [2.24, 2.45) is 0 Å². The highest BCUT2D eigenvalue weighted by Gasteiger charge is 2.17. The van der Waals surface area contributed by atoms with E-state index >= 15 is 0 Å². The van der Waals surface area contributed by atoms with Gasteiger partial charge in [-0.1, -0.05) is 19.4 Å². The van der Waals surface area contributed by atoms with Gasteiger partial charge in [0.15, 0.2) is 0 Å². The van der Waals surface area contributed by atoms with E-state index in [1.54, 1.807) is 19.1 Å². The van der Waals surface area contributed by atoms with Crippen molar-refractivity contribution >= 4 is 11.5 Å². The van der Waals surface area contributed by atoms with Crippen molar-refractivity contribution in [2.75, 3.05) is 5.73 Å². The molecule has 0 saturated carbocycles. The van der Waals surface area contributed by atoms with Gasteiger partial charge in [-0.3, -0.25) is 10.1 Å². The molecule has 1 aromatic carbocycles. The number of nitrogens with zero attached hydrogens (tertiary/aromatic N) is 3. The summed E-state index contributed by atoms with van der Waals surface area (Å²) in [5.74, 6) is 1.09. The van der Waals surface area contributed by atoms with Crippen LogP contribution in [-0.4, -0.2) is 14.9 Å². The SMILES string of the molecule is CCCc1c(N)ncnc1Oc1cccc([N+](=O)[O-])c1C. The van der Waals surface area contributed by atoms with E-state index < -0.39 is 4.92 Å². The summed E-state index contributed by atoms with van der Waals surface area (Å²) in [7, 11) is 0. The molecule has 2 N–H and O–H groups in total. The van der Waals surface area contributed by atoms with Crippen LogP contribution in [0.15, 0.2) is 24.5 Å². The average Bonchev–Trinajstić information content (AvgIpc) is 2.44. The Morgan fingerprint density at radius 3 is 2.81 bits per heavy atom. The van der Waals surface area contributed by atoms with Crippen molar-refractivity contribution in [3.63, 3.8) is 0 Å². The first-order valence-corrected chi connectivity index (χ1v) is 6.55. The smallest absolute Gasteiger partial charge is 0.276 e. The highest BCUT2D eigenvalue weighted by molar-refractivity contribution is 5.51. The van der Waals surface area contributed by atoms with Gasteiger partial charge in [0.25, 0.3) is 5.69 Å². The van der Waals surface area contributed by atoms with E-state index in [9.17, 15) is 10.1 Å². The van der Waals surface area contributed by atoms with Crippen LogP contribution < -0.4 is 10.5 Å². The summed E-state index contributed by atoms with van der Waals surface area (Å²) in [4.78, 5) is 18.5. The molecule has 2 rings (SSSR count). The van der Waals surface area contributed by atoms with Crippen LogP contribution in [0.2, 0.25) is 0 Å². The lowest BCUT2D eigenvalue weighted by Crippen LogP contribution is -2.03. The highest BCUT2D eigenvalue weighted by Crippen LogP contribution is 2.32. The zero-order chi connectivity index (χ0) is 15.4. The van der Waals surface area contributed by atoms with Crippen molar-refractivity contribution in [3.05, 3.63) is 45.8 Å². The Bertz CT molecular complexity index is 673. The molecule has 7 heteroatoms. The number of benzene rings is 1. The van der Waals surface area contributed by atoms with Gasteiger partial charge in [-0.15, -0.1) is 0 Å². The summed E-state index contributed by atoms with van der Waals surface area (Å²) in [6.07, 6.45) is 2.86. The number of nitrogens with two attached hydrogens (primary N) is 1. The van der Waals surface area contributed by atoms with Gasteiger partial charge in [0.2, 0.25) is 5.88 Å². The topological polar surface area (TPSA) is 104 Å². The molecule has 0 radical (unpaired) electrons. The van der Waals surface area contributed by atoms with Crippen molar-refractivity contribution in [1.82, 2.24) is 9.97 Å². The van der Waals surface area contributed by atoms with E-state index in [0.29, 0.717) is 35.0 Å². The molecule has 0 atom stereocenters. The maximum Gasteiger partial charge on any atom is 0.276 e. The van der Waals surface area contributed by atoms with Gasteiger partial charge in [0.05, 0.1) is 16.1 Å². The van der Waals surface area contributed by atoms with Crippen LogP contribution in [0.1, 0.15) is 24.5 Å². The number of rotatable bonds is 5. The fourth-order valence-corrected chi connectivity index (χ4v) is 2.00. The van der Waals surface area contributed by atoms with E-state index in [1.165, 1.54) is 12.4 Å². The van der Waals surface area contributed by atoms with Crippen LogP contribution >= 0.6 is 0 Å². The van der Waals surface area contributed by atoms with Crippen molar-refractivity contribution in [3.8, 4) is 11.6 Å². The van der Waals surface area contributed by atoms with E-state index in [2.05, 4.69) is 9.97 Å². The molecule has 1 aromatic heterocycles. The zero-order valence-electron chi connectivity index (χ0n) is 11.9. The second-order valence-electron chi connectivity index (χ2n) is 4.55. The third-order valence-electron chi connectivity index (χ3n) is 3.10. The molecule has 0 bridgehead atoms. The van der Waals surface area contributed by atoms with Gasteiger partial charge in [0.1, 0.15) is 17.9 Å². The van der Waals surface area contributed by atoms with Gasteiger partial charge >= 0.3 is 0 Å². The predicted octanol–water partition coefficient (Wildman–Crippen LogP) is 3.02. The quantitative estimate of drug-likeness (QED) is 0.669. The molecule has 0 aliphatic rings. The average molecular weight is 288 g/mol. The van der Waals surface area contributed by atoms with Gasteiger partial charge in [-0.2, -0.15) is 0 Å². The van der Waals surface area contributed by atoms with E-state index in [4.69, 9.17) is 10.5 Å². The maximum absolute atomic E-state index is 11.0. The van der Waals surface area contributed by atoms with Crippen molar-refractivity contribution < 1.29 is 9.66 Å². The van der Waals surface area contributed by atoms with Crippen LogP contribution in [0, 0.1) is 17.0 Å². The Labute approximate surface area is 121 Å². The normalized spacial score (nSPS) is 10.4. The number of nitrogen functional groups attached to an aromatic ring is 1. The second kappa shape index (κ2) is 6.17. The van der Waals surface area contributed by atoms with Gasteiger partial charge in [-0.05, 0) is 19.4 Å². The molecular weight excluding hydrogens is 272 g/mol. The predicted molar refractivity (Wildman–Crippen MR) is 78.3 cm³/mol. The van der Waals surface area contributed by atoms with E-state index in [-0.39, 0.29) is 5.69 Å². The summed E-state index contributed by atoms with van der Waals surface area (Å²) in [5, 5.41) is 11.0. The Morgan fingerprint density at radius 1 is 1.38 bits per heavy atom. The monoisotopic (exact) mass is 288 g/mol. The minimum absolute atomic E-state index is 0.00608. The number of hydrogen-bond donors (Lipinski definition) is 1. The third-order valence-corrected chi connectivity index (χ3v) is 3.10. The molecular formula is C14H16N4O3.